The SMILES string of the molecule is CNC(C)c1ccc(Br)cc1OC(C)C(=O)NCCOC. The molecule has 1 aromatic rings. The molecule has 0 aromatic heterocycles. The van der Waals surface area contributed by atoms with E-state index in [1.54, 1.807) is 14.0 Å². The van der Waals surface area contributed by atoms with E-state index in [2.05, 4.69) is 26.6 Å². The molecule has 0 aliphatic rings. The monoisotopic (exact) mass is 358 g/mol. The molecule has 1 aromatic carbocycles. The summed E-state index contributed by atoms with van der Waals surface area (Å²) in [5.74, 6) is 0.538. The minimum absolute atomic E-state index is 0.136. The Morgan fingerprint density at radius 2 is 2.10 bits per heavy atom. The summed E-state index contributed by atoms with van der Waals surface area (Å²) >= 11 is 3.43. The Morgan fingerprint density at radius 3 is 2.71 bits per heavy atom. The smallest absolute Gasteiger partial charge is 0.260 e. The minimum Gasteiger partial charge on any atom is -0.481 e. The van der Waals surface area contributed by atoms with Crippen molar-refractivity contribution >= 4 is 21.8 Å². The predicted molar refractivity (Wildman–Crippen MR) is 86.6 cm³/mol. The Kier molecular flexibility index (Phi) is 7.71. The minimum atomic E-state index is -0.570. The lowest BCUT2D eigenvalue weighted by Gasteiger charge is -2.20. The van der Waals surface area contributed by atoms with E-state index < -0.39 is 6.10 Å². The van der Waals surface area contributed by atoms with E-state index in [1.165, 1.54) is 0 Å². The van der Waals surface area contributed by atoms with E-state index in [-0.39, 0.29) is 11.9 Å². The number of benzene rings is 1. The number of hydrogen-bond acceptors (Lipinski definition) is 4. The molecule has 0 aliphatic heterocycles. The molecule has 1 rings (SSSR count). The maximum atomic E-state index is 11.9. The first-order chi connectivity index (χ1) is 9.99. The molecule has 1 amide bonds. The molecule has 0 radical (unpaired) electrons. The van der Waals surface area contributed by atoms with Crippen molar-refractivity contribution in [3.63, 3.8) is 0 Å². The average Bonchev–Trinajstić information content (AvgIpc) is 2.46. The van der Waals surface area contributed by atoms with Crippen LogP contribution in [0.2, 0.25) is 0 Å². The summed E-state index contributed by atoms with van der Waals surface area (Å²) in [4.78, 5) is 11.9. The van der Waals surface area contributed by atoms with Crippen LogP contribution in [0.15, 0.2) is 22.7 Å². The molecule has 0 bridgehead atoms. The number of hydrogen-bond donors (Lipinski definition) is 2. The predicted octanol–water partition coefficient (Wildman–Crippen LogP) is 2.26. The standard InChI is InChI=1S/C15H23BrN2O3/c1-10(17-3)13-6-5-12(16)9-14(13)21-11(2)15(19)18-7-8-20-4/h5-6,9-11,17H,7-8H2,1-4H3,(H,18,19). The molecule has 0 fully saturated rings. The molecular weight excluding hydrogens is 336 g/mol. The van der Waals surface area contributed by atoms with Gasteiger partial charge in [0.25, 0.3) is 5.91 Å². The molecule has 0 aliphatic carbocycles. The molecule has 0 saturated heterocycles. The van der Waals surface area contributed by atoms with Gasteiger partial charge in [0.1, 0.15) is 5.75 Å². The molecular formula is C15H23BrN2O3. The first-order valence-corrected chi connectivity index (χ1v) is 7.69. The van der Waals surface area contributed by atoms with Crippen LogP contribution in [0.4, 0.5) is 0 Å². The fraction of sp³-hybridized carbons (Fsp3) is 0.533. The molecule has 2 atom stereocenters. The van der Waals surface area contributed by atoms with Crippen LogP contribution in [0.25, 0.3) is 0 Å². The average molecular weight is 359 g/mol. The van der Waals surface area contributed by atoms with E-state index >= 15 is 0 Å². The number of ether oxygens (including phenoxy) is 2. The summed E-state index contributed by atoms with van der Waals surface area (Å²) in [6.45, 7) is 4.73. The summed E-state index contributed by atoms with van der Waals surface area (Å²) in [6, 6.07) is 5.95. The Hall–Kier alpha value is -1.11. The second kappa shape index (κ2) is 9.02. The second-order valence-corrected chi connectivity index (χ2v) is 5.65. The Balaban J connectivity index is 2.76. The number of amides is 1. The van der Waals surface area contributed by atoms with Crippen molar-refractivity contribution < 1.29 is 14.3 Å². The zero-order chi connectivity index (χ0) is 15.8. The first kappa shape index (κ1) is 17.9. The Morgan fingerprint density at radius 1 is 1.38 bits per heavy atom. The van der Waals surface area contributed by atoms with Crippen LogP contribution in [0, 0.1) is 0 Å². The van der Waals surface area contributed by atoms with Gasteiger partial charge in [0.05, 0.1) is 6.61 Å². The number of methoxy groups -OCH3 is 1. The Bertz CT molecular complexity index is 468. The number of carbonyl (C=O) groups is 1. The Labute approximate surface area is 134 Å². The highest BCUT2D eigenvalue weighted by Crippen LogP contribution is 2.29. The third-order valence-electron chi connectivity index (χ3n) is 3.15. The number of halogens is 1. The zero-order valence-electron chi connectivity index (χ0n) is 12.9. The summed E-state index contributed by atoms with van der Waals surface area (Å²) in [7, 11) is 3.48. The van der Waals surface area contributed by atoms with Crippen LogP contribution in [0.5, 0.6) is 5.75 Å². The molecule has 0 heterocycles. The highest BCUT2D eigenvalue weighted by atomic mass is 79.9. The maximum Gasteiger partial charge on any atom is 0.260 e. The zero-order valence-corrected chi connectivity index (χ0v) is 14.5. The van der Waals surface area contributed by atoms with Gasteiger partial charge >= 0.3 is 0 Å². The van der Waals surface area contributed by atoms with Crippen molar-refractivity contribution in [2.75, 3.05) is 27.3 Å². The van der Waals surface area contributed by atoms with E-state index in [4.69, 9.17) is 9.47 Å². The molecule has 118 valence electrons. The van der Waals surface area contributed by atoms with Gasteiger partial charge in [0.15, 0.2) is 6.10 Å². The highest BCUT2D eigenvalue weighted by molar-refractivity contribution is 9.10. The maximum absolute atomic E-state index is 11.9. The van der Waals surface area contributed by atoms with Crippen LogP contribution in [-0.2, 0) is 9.53 Å². The normalized spacial score (nSPS) is 13.6. The van der Waals surface area contributed by atoms with Gasteiger partial charge in [-0.2, -0.15) is 0 Å². The number of nitrogens with one attached hydrogen (secondary N) is 2. The topological polar surface area (TPSA) is 59.6 Å². The number of carbonyl (C=O) groups excluding carboxylic acids is 1. The van der Waals surface area contributed by atoms with Crippen molar-refractivity contribution in [2.45, 2.75) is 26.0 Å². The lowest BCUT2D eigenvalue weighted by molar-refractivity contribution is -0.127. The van der Waals surface area contributed by atoms with Gasteiger partial charge in [-0.25, -0.2) is 0 Å². The fourth-order valence-corrected chi connectivity index (χ4v) is 2.13. The molecule has 0 saturated carbocycles. The summed E-state index contributed by atoms with van der Waals surface area (Å²) in [5, 5.41) is 5.94. The van der Waals surface area contributed by atoms with Crippen LogP contribution >= 0.6 is 15.9 Å². The van der Waals surface area contributed by atoms with Gasteiger partial charge in [-0.05, 0) is 33.0 Å². The highest BCUT2D eigenvalue weighted by Gasteiger charge is 2.18. The fourth-order valence-electron chi connectivity index (χ4n) is 1.79. The summed E-state index contributed by atoms with van der Waals surface area (Å²) in [6.07, 6.45) is -0.570. The van der Waals surface area contributed by atoms with E-state index in [9.17, 15) is 4.79 Å². The molecule has 0 spiro atoms. The molecule has 6 heteroatoms. The van der Waals surface area contributed by atoms with Gasteiger partial charge < -0.3 is 20.1 Å². The van der Waals surface area contributed by atoms with Gasteiger partial charge in [-0.15, -0.1) is 0 Å². The lowest BCUT2D eigenvalue weighted by Crippen LogP contribution is -2.38. The lowest BCUT2D eigenvalue weighted by atomic mass is 10.1. The summed E-state index contributed by atoms with van der Waals surface area (Å²) < 4.78 is 11.6. The van der Waals surface area contributed by atoms with Crippen LogP contribution in [0.1, 0.15) is 25.5 Å². The molecule has 21 heavy (non-hydrogen) atoms. The van der Waals surface area contributed by atoms with Gasteiger partial charge in [-0.3, -0.25) is 4.79 Å². The number of rotatable bonds is 8. The van der Waals surface area contributed by atoms with Gasteiger partial charge in [-0.1, -0.05) is 22.0 Å². The van der Waals surface area contributed by atoms with E-state index in [1.807, 2.05) is 32.2 Å². The van der Waals surface area contributed by atoms with Gasteiger partial charge in [0.2, 0.25) is 0 Å². The molecule has 5 nitrogen and oxygen atoms in total. The first-order valence-electron chi connectivity index (χ1n) is 6.89. The van der Waals surface area contributed by atoms with Crippen molar-refractivity contribution in [3.05, 3.63) is 28.2 Å². The summed E-state index contributed by atoms with van der Waals surface area (Å²) in [5.41, 5.74) is 1.01. The molecule has 2 unspecified atom stereocenters. The van der Waals surface area contributed by atoms with Crippen LogP contribution < -0.4 is 15.4 Å². The van der Waals surface area contributed by atoms with Crippen LogP contribution in [-0.4, -0.2) is 39.3 Å². The van der Waals surface area contributed by atoms with Crippen molar-refractivity contribution in [1.29, 1.82) is 0 Å². The van der Waals surface area contributed by atoms with Crippen molar-refractivity contribution in [3.8, 4) is 5.75 Å². The quantitative estimate of drug-likeness (QED) is 0.699. The largest absolute Gasteiger partial charge is 0.481 e. The second-order valence-electron chi connectivity index (χ2n) is 4.74. The van der Waals surface area contributed by atoms with Crippen molar-refractivity contribution in [2.24, 2.45) is 0 Å². The van der Waals surface area contributed by atoms with E-state index in [0.717, 1.165) is 10.0 Å². The van der Waals surface area contributed by atoms with E-state index in [0.29, 0.717) is 18.9 Å². The third-order valence-corrected chi connectivity index (χ3v) is 3.65. The third kappa shape index (κ3) is 5.65. The van der Waals surface area contributed by atoms with Crippen molar-refractivity contribution in [1.82, 2.24) is 10.6 Å². The van der Waals surface area contributed by atoms with Gasteiger partial charge in [0, 0.05) is 29.7 Å². The molecule has 2 N–H and O–H groups in total. The van der Waals surface area contributed by atoms with Crippen LogP contribution in [0.3, 0.4) is 0 Å².